The molecule has 0 saturated carbocycles. The first-order valence-corrected chi connectivity index (χ1v) is 5.66. The summed E-state index contributed by atoms with van der Waals surface area (Å²) < 4.78 is 5.23. The van der Waals surface area contributed by atoms with Gasteiger partial charge in [-0.3, -0.25) is 0 Å². The molecule has 0 aromatic rings. The van der Waals surface area contributed by atoms with Crippen LogP contribution in [-0.4, -0.2) is 48.3 Å². The highest BCUT2D eigenvalue weighted by atomic mass is 16.5. The van der Waals surface area contributed by atoms with E-state index in [2.05, 4.69) is 11.9 Å². The summed E-state index contributed by atoms with van der Waals surface area (Å²) in [5, 5.41) is 8.64. The Morgan fingerprint density at radius 2 is 2.33 bits per heavy atom. The van der Waals surface area contributed by atoms with Crippen molar-refractivity contribution >= 4 is 5.97 Å². The van der Waals surface area contributed by atoms with E-state index in [4.69, 9.17) is 9.84 Å². The molecule has 4 nitrogen and oxygen atoms in total. The van der Waals surface area contributed by atoms with Gasteiger partial charge in [0.05, 0.1) is 0 Å². The number of aliphatic carboxylic acids is 1. The maximum atomic E-state index is 10.5. The number of likely N-dealkylation sites (tertiary alicyclic amines) is 1. The summed E-state index contributed by atoms with van der Waals surface area (Å²) in [5.74, 6) is -0.882. The Balaban J connectivity index is 2.16. The third-order valence-corrected chi connectivity index (χ3v) is 3.09. The molecular formula is C11H21NO3. The molecule has 88 valence electrons. The monoisotopic (exact) mass is 215 g/mol. The number of hydrogen-bond acceptors (Lipinski definition) is 3. The smallest absolute Gasteiger partial charge is 0.332 e. The molecule has 0 spiro atoms. The van der Waals surface area contributed by atoms with Crippen molar-refractivity contribution in [1.82, 2.24) is 4.90 Å². The zero-order valence-electron chi connectivity index (χ0n) is 9.61. The fourth-order valence-corrected chi connectivity index (χ4v) is 1.96. The SMILES string of the molecule is C[C@H](OCCC1CCCCN1C)C(=O)O. The summed E-state index contributed by atoms with van der Waals surface area (Å²) in [4.78, 5) is 12.9. The van der Waals surface area contributed by atoms with Crippen LogP contribution in [0.2, 0.25) is 0 Å². The topological polar surface area (TPSA) is 49.8 Å². The highest BCUT2D eigenvalue weighted by molar-refractivity contribution is 5.71. The molecule has 4 heteroatoms. The largest absolute Gasteiger partial charge is 0.479 e. The molecule has 1 aliphatic rings. The van der Waals surface area contributed by atoms with E-state index in [1.807, 2.05) is 0 Å². The van der Waals surface area contributed by atoms with Crippen LogP contribution in [0, 0.1) is 0 Å². The van der Waals surface area contributed by atoms with E-state index in [0.717, 1.165) is 13.0 Å². The Bertz CT molecular complexity index is 208. The Morgan fingerprint density at radius 1 is 1.60 bits per heavy atom. The first-order chi connectivity index (χ1) is 7.11. The van der Waals surface area contributed by atoms with Crippen LogP contribution >= 0.6 is 0 Å². The number of carboxylic acid groups (broad SMARTS) is 1. The van der Waals surface area contributed by atoms with Crippen LogP contribution in [0.15, 0.2) is 0 Å². The minimum absolute atomic E-state index is 0.544. The molecule has 1 unspecified atom stereocenters. The molecule has 1 saturated heterocycles. The van der Waals surface area contributed by atoms with E-state index in [-0.39, 0.29) is 0 Å². The number of nitrogens with zero attached hydrogens (tertiary/aromatic N) is 1. The molecule has 0 aromatic carbocycles. The van der Waals surface area contributed by atoms with Gasteiger partial charge in [-0.15, -0.1) is 0 Å². The average Bonchev–Trinajstić information content (AvgIpc) is 2.20. The van der Waals surface area contributed by atoms with Crippen molar-refractivity contribution in [2.24, 2.45) is 0 Å². The number of ether oxygens (including phenoxy) is 1. The lowest BCUT2D eigenvalue weighted by atomic mass is 10.0. The van der Waals surface area contributed by atoms with Gasteiger partial charge in [-0.2, -0.15) is 0 Å². The minimum Gasteiger partial charge on any atom is -0.479 e. The van der Waals surface area contributed by atoms with E-state index in [0.29, 0.717) is 12.6 Å². The highest BCUT2D eigenvalue weighted by Crippen LogP contribution is 2.17. The Kier molecular flexibility index (Phi) is 5.05. The van der Waals surface area contributed by atoms with Crippen LogP contribution in [0.4, 0.5) is 0 Å². The van der Waals surface area contributed by atoms with Crippen LogP contribution in [0.1, 0.15) is 32.6 Å². The lowest BCUT2D eigenvalue weighted by Crippen LogP contribution is -2.37. The number of carbonyl (C=O) groups is 1. The van der Waals surface area contributed by atoms with Gasteiger partial charge in [-0.25, -0.2) is 4.79 Å². The molecule has 0 amide bonds. The minimum atomic E-state index is -0.882. The second-order valence-electron chi connectivity index (χ2n) is 4.27. The third-order valence-electron chi connectivity index (χ3n) is 3.09. The Hall–Kier alpha value is -0.610. The molecule has 2 atom stereocenters. The Morgan fingerprint density at radius 3 is 2.93 bits per heavy atom. The van der Waals surface area contributed by atoms with Crippen LogP contribution in [0.5, 0.6) is 0 Å². The van der Waals surface area contributed by atoms with Crippen LogP contribution in [-0.2, 0) is 9.53 Å². The second-order valence-corrected chi connectivity index (χ2v) is 4.27. The summed E-state index contributed by atoms with van der Waals surface area (Å²) in [5.41, 5.74) is 0. The molecule has 1 fully saturated rings. The molecule has 15 heavy (non-hydrogen) atoms. The third kappa shape index (κ3) is 4.18. The van der Waals surface area contributed by atoms with Crippen molar-refractivity contribution in [2.45, 2.75) is 44.8 Å². The van der Waals surface area contributed by atoms with Gasteiger partial charge in [0.15, 0.2) is 6.10 Å². The predicted molar refractivity (Wildman–Crippen MR) is 57.9 cm³/mol. The van der Waals surface area contributed by atoms with Gasteiger partial charge in [0.2, 0.25) is 0 Å². The van der Waals surface area contributed by atoms with Crippen LogP contribution in [0.25, 0.3) is 0 Å². The zero-order chi connectivity index (χ0) is 11.3. The standard InChI is InChI=1S/C11H21NO3/c1-9(11(13)14)15-8-6-10-5-3-4-7-12(10)2/h9-10H,3-8H2,1-2H3,(H,13,14)/t9-,10?/m0/s1. The highest BCUT2D eigenvalue weighted by Gasteiger charge is 2.19. The molecule has 1 aliphatic heterocycles. The molecule has 1 heterocycles. The van der Waals surface area contributed by atoms with Crippen molar-refractivity contribution in [2.75, 3.05) is 20.2 Å². The van der Waals surface area contributed by atoms with E-state index < -0.39 is 12.1 Å². The molecule has 0 aliphatic carbocycles. The zero-order valence-corrected chi connectivity index (χ0v) is 9.61. The molecule has 0 aromatic heterocycles. The second kappa shape index (κ2) is 6.08. The summed E-state index contributed by atoms with van der Waals surface area (Å²) in [6.07, 6.45) is 4.03. The van der Waals surface area contributed by atoms with Crippen molar-refractivity contribution in [3.8, 4) is 0 Å². The van der Waals surface area contributed by atoms with Gasteiger partial charge in [-0.05, 0) is 39.8 Å². The van der Waals surface area contributed by atoms with E-state index in [1.54, 1.807) is 6.92 Å². The van der Waals surface area contributed by atoms with Gasteiger partial charge in [-0.1, -0.05) is 6.42 Å². The lowest BCUT2D eigenvalue weighted by molar-refractivity contribution is -0.149. The van der Waals surface area contributed by atoms with Crippen molar-refractivity contribution < 1.29 is 14.6 Å². The van der Waals surface area contributed by atoms with Gasteiger partial charge in [0, 0.05) is 12.6 Å². The molecule has 0 bridgehead atoms. The summed E-state index contributed by atoms with van der Waals surface area (Å²) >= 11 is 0. The van der Waals surface area contributed by atoms with Gasteiger partial charge in [0.1, 0.15) is 0 Å². The average molecular weight is 215 g/mol. The molecular weight excluding hydrogens is 194 g/mol. The molecule has 0 radical (unpaired) electrons. The first-order valence-electron chi connectivity index (χ1n) is 5.66. The van der Waals surface area contributed by atoms with Crippen LogP contribution in [0.3, 0.4) is 0 Å². The number of carboxylic acids is 1. The van der Waals surface area contributed by atoms with Crippen LogP contribution < -0.4 is 0 Å². The van der Waals surface area contributed by atoms with Crippen molar-refractivity contribution in [3.63, 3.8) is 0 Å². The van der Waals surface area contributed by atoms with E-state index >= 15 is 0 Å². The fraction of sp³-hybridized carbons (Fsp3) is 0.909. The molecule has 1 rings (SSSR count). The quantitative estimate of drug-likeness (QED) is 0.752. The predicted octanol–water partition coefficient (Wildman–Crippen LogP) is 1.35. The summed E-state index contributed by atoms with van der Waals surface area (Å²) in [7, 11) is 2.13. The van der Waals surface area contributed by atoms with E-state index in [1.165, 1.54) is 19.3 Å². The number of rotatable bonds is 5. The van der Waals surface area contributed by atoms with Crippen molar-refractivity contribution in [3.05, 3.63) is 0 Å². The van der Waals surface area contributed by atoms with Crippen molar-refractivity contribution in [1.29, 1.82) is 0 Å². The Labute approximate surface area is 91.2 Å². The molecule has 1 N–H and O–H groups in total. The number of piperidine rings is 1. The first kappa shape index (κ1) is 12.5. The number of hydrogen-bond donors (Lipinski definition) is 1. The van der Waals surface area contributed by atoms with E-state index in [9.17, 15) is 4.79 Å². The summed E-state index contributed by atoms with van der Waals surface area (Å²) in [6, 6.07) is 0.569. The maximum absolute atomic E-state index is 10.5. The van der Waals surface area contributed by atoms with Gasteiger partial charge >= 0.3 is 5.97 Å². The van der Waals surface area contributed by atoms with Gasteiger partial charge < -0.3 is 14.7 Å². The normalized spacial score (nSPS) is 25.1. The van der Waals surface area contributed by atoms with Gasteiger partial charge in [0.25, 0.3) is 0 Å². The lowest BCUT2D eigenvalue weighted by Gasteiger charge is -2.32. The maximum Gasteiger partial charge on any atom is 0.332 e. The fourth-order valence-electron chi connectivity index (χ4n) is 1.96. The summed E-state index contributed by atoms with van der Waals surface area (Å²) in [6.45, 7) is 3.27.